The van der Waals surface area contributed by atoms with Gasteiger partial charge in [0, 0.05) is 0 Å². The van der Waals surface area contributed by atoms with Gasteiger partial charge in [0.15, 0.2) is 0 Å². The number of rotatable bonds is 15. The molecule has 0 radical (unpaired) electrons. The van der Waals surface area contributed by atoms with Crippen LogP contribution in [0.15, 0.2) is 12.1 Å². The highest BCUT2D eigenvalue weighted by Gasteiger charge is 2.11. The molecule has 0 aliphatic carbocycles. The van der Waals surface area contributed by atoms with Gasteiger partial charge in [0.2, 0.25) is 0 Å². The Morgan fingerprint density at radius 3 is 1.52 bits per heavy atom. The summed E-state index contributed by atoms with van der Waals surface area (Å²) in [5.41, 5.74) is 3.39. The molecule has 1 heteroatoms. The van der Waals surface area contributed by atoms with Crippen molar-refractivity contribution in [2.24, 2.45) is 23.7 Å². The molecule has 1 rings (SSSR count). The van der Waals surface area contributed by atoms with Crippen molar-refractivity contribution in [1.29, 1.82) is 0 Å². The first-order chi connectivity index (χ1) is 13.7. The second-order valence-electron chi connectivity index (χ2n) is 10.6. The standard InChI is InChI=1S/C28H50O/c1-21(2)11-8-12-22(3)13-9-14-23(4)15-10-16-24(5)17-20-27-25(6)18-19-26(7)28(27)29/h18-19,21-24,29H,8-17,20H2,1-7H3. The molecule has 0 bridgehead atoms. The minimum Gasteiger partial charge on any atom is -0.507 e. The second-order valence-corrected chi connectivity index (χ2v) is 10.6. The van der Waals surface area contributed by atoms with Gasteiger partial charge in [0.1, 0.15) is 5.75 Å². The Morgan fingerprint density at radius 1 is 0.621 bits per heavy atom. The fourth-order valence-electron chi connectivity index (χ4n) is 4.50. The minimum absolute atomic E-state index is 0.518. The second kappa shape index (κ2) is 14.1. The number of aryl methyl sites for hydroxylation is 2. The predicted octanol–water partition coefficient (Wildman–Crippen LogP) is 9.02. The summed E-state index contributed by atoms with van der Waals surface area (Å²) in [4.78, 5) is 0. The molecule has 0 spiro atoms. The molecule has 1 nitrogen and oxygen atoms in total. The maximum absolute atomic E-state index is 10.3. The molecule has 3 unspecified atom stereocenters. The number of hydrogen-bond donors (Lipinski definition) is 1. The molecule has 0 heterocycles. The van der Waals surface area contributed by atoms with Crippen LogP contribution in [0.5, 0.6) is 5.75 Å². The van der Waals surface area contributed by atoms with Gasteiger partial charge in [-0.25, -0.2) is 0 Å². The molecule has 1 aromatic carbocycles. The van der Waals surface area contributed by atoms with Crippen molar-refractivity contribution < 1.29 is 5.11 Å². The lowest BCUT2D eigenvalue weighted by Gasteiger charge is -2.17. The lowest BCUT2D eigenvalue weighted by molar-refractivity contribution is 0.374. The smallest absolute Gasteiger partial charge is 0.121 e. The summed E-state index contributed by atoms with van der Waals surface area (Å²) in [5, 5.41) is 10.3. The number of phenols is 1. The first-order valence-corrected chi connectivity index (χ1v) is 12.5. The zero-order valence-corrected chi connectivity index (χ0v) is 20.7. The molecular weight excluding hydrogens is 352 g/mol. The zero-order chi connectivity index (χ0) is 21.8. The van der Waals surface area contributed by atoms with Gasteiger partial charge in [0.25, 0.3) is 0 Å². The molecule has 29 heavy (non-hydrogen) atoms. The summed E-state index contributed by atoms with van der Waals surface area (Å²) in [6.45, 7) is 16.1. The van der Waals surface area contributed by atoms with E-state index >= 15 is 0 Å². The van der Waals surface area contributed by atoms with E-state index in [1.807, 2.05) is 13.0 Å². The Kier molecular flexibility index (Phi) is 12.7. The summed E-state index contributed by atoms with van der Waals surface area (Å²) in [7, 11) is 0. The van der Waals surface area contributed by atoms with Crippen molar-refractivity contribution in [3.8, 4) is 5.75 Å². The minimum atomic E-state index is 0.518. The quantitative estimate of drug-likeness (QED) is 0.310. The fourth-order valence-corrected chi connectivity index (χ4v) is 4.50. The Morgan fingerprint density at radius 2 is 1.03 bits per heavy atom. The van der Waals surface area contributed by atoms with Crippen molar-refractivity contribution >= 4 is 0 Å². The summed E-state index contributed by atoms with van der Waals surface area (Å²) in [6, 6.07) is 4.16. The fraction of sp³-hybridized carbons (Fsp3) is 0.786. The van der Waals surface area contributed by atoms with E-state index in [0.717, 1.165) is 41.2 Å². The maximum Gasteiger partial charge on any atom is 0.121 e. The predicted molar refractivity (Wildman–Crippen MR) is 130 cm³/mol. The van der Waals surface area contributed by atoms with E-state index < -0.39 is 0 Å². The number of benzene rings is 1. The van der Waals surface area contributed by atoms with E-state index in [1.54, 1.807) is 0 Å². The summed E-state index contributed by atoms with van der Waals surface area (Å²) < 4.78 is 0. The van der Waals surface area contributed by atoms with E-state index in [4.69, 9.17) is 0 Å². The van der Waals surface area contributed by atoms with E-state index in [9.17, 15) is 5.11 Å². The van der Waals surface area contributed by atoms with Crippen molar-refractivity contribution in [3.63, 3.8) is 0 Å². The Labute approximate surface area is 182 Å². The zero-order valence-electron chi connectivity index (χ0n) is 20.7. The van der Waals surface area contributed by atoms with Crippen molar-refractivity contribution in [2.45, 2.75) is 119 Å². The molecule has 0 fully saturated rings. The molecule has 0 aromatic heterocycles. The van der Waals surface area contributed by atoms with Gasteiger partial charge in [-0.2, -0.15) is 0 Å². The Hall–Kier alpha value is -0.980. The molecule has 1 N–H and O–H groups in total. The van der Waals surface area contributed by atoms with Crippen LogP contribution in [-0.2, 0) is 6.42 Å². The average Bonchev–Trinajstić information content (AvgIpc) is 2.64. The van der Waals surface area contributed by atoms with Crippen LogP contribution in [0.1, 0.15) is 116 Å². The molecule has 0 aliphatic heterocycles. The van der Waals surface area contributed by atoms with Crippen LogP contribution >= 0.6 is 0 Å². The van der Waals surface area contributed by atoms with Crippen LogP contribution in [-0.4, -0.2) is 5.11 Å². The van der Waals surface area contributed by atoms with Gasteiger partial charge in [-0.15, -0.1) is 0 Å². The van der Waals surface area contributed by atoms with E-state index in [2.05, 4.69) is 47.6 Å². The van der Waals surface area contributed by atoms with Gasteiger partial charge < -0.3 is 5.11 Å². The van der Waals surface area contributed by atoms with E-state index in [1.165, 1.54) is 69.8 Å². The number of phenolic OH excluding ortho intramolecular Hbond substituents is 1. The largest absolute Gasteiger partial charge is 0.507 e. The maximum atomic E-state index is 10.3. The number of aromatic hydroxyl groups is 1. The van der Waals surface area contributed by atoms with Crippen LogP contribution < -0.4 is 0 Å². The molecule has 1 aromatic rings. The van der Waals surface area contributed by atoms with E-state index in [-0.39, 0.29) is 0 Å². The van der Waals surface area contributed by atoms with Crippen LogP contribution in [0, 0.1) is 37.5 Å². The van der Waals surface area contributed by atoms with Crippen LogP contribution in [0.3, 0.4) is 0 Å². The van der Waals surface area contributed by atoms with Gasteiger partial charge >= 0.3 is 0 Å². The molecular formula is C28H50O. The Balaban J connectivity index is 2.14. The van der Waals surface area contributed by atoms with Gasteiger partial charge in [-0.05, 0) is 67.1 Å². The lowest BCUT2D eigenvalue weighted by atomic mass is 9.89. The highest BCUT2D eigenvalue weighted by atomic mass is 16.3. The average molecular weight is 403 g/mol. The first-order valence-electron chi connectivity index (χ1n) is 12.5. The van der Waals surface area contributed by atoms with Crippen LogP contribution in [0.4, 0.5) is 0 Å². The third kappa shape index (κ3) is 11.1. The van der Waals surface area contributed by atoms with Crippen molar-refractivity contribution in [2.75, 3.05) is 0 Å². The molecule has 0 saturated carbocycles. The molecule has 0 saturated heterocycles. The molecule has 0 aliphatic rings. The van der Waals surface area contributed by atoms with Crippen molar-refractivity contribution in [3.05, 3.63) is 28.8 Å². The third-order valence-corrected chi connectivity index (χ3v) is 6.87. The first kappa shape index (κ1) is 26.1. The van der Waals surface area contributed by atoms with Crippen molar-refractivity contribution in [1.82, 2.24) is 0 Å². The Bertz CT molecular complexity index is 560. The van der Waals surface area contributed by atoms with Crippen LogP contribution in [0.25, 0.3) is 0 Å². The topological polar surface area (TPSA) is 20.2 Å². The number of hydrogen-bond acceptors (Lipinski definition) is 1. The summed E-state index contributed by atoms with van der Waals surface area (Å²) in [6.07, 6.45) is 14.7. The third-order valence-electron chi connectivity index (χ3n) is 6.87. The van der Waals surface area contributed by atoms with Gasteiger partial charge in [-0.1, -0.05) is 105 Å². The van der Waals surface area contributed by atoms with Crippen LogP contribution in [0.2, 0.25) is 0 Å². The molecule has 3 atom stereocenters. The molecule has 0 amide bonds. The molecule has 168 valence electrons. The SMILES string of the molecule is Cc1ccc(C)c(CCC(C)CCCC(C)CCCC(C)CCCC(C)C)c1O. The highest BCUT2D eigenvalue weighted by Crippen LogP contribution is 2.28. The normalized spacial score (nSPS) is 14.9. The summed E-state index contributed by atoms with van der Waals surface area (Å²) in [5.74, 6) is 3.89. The summed E-state index contributed by atoms with van der Waals surface area (Å²) >= 11 is 0. The lowest BCUT2D eigenvalue weighted by Crippen LogP contribution is -2.03. The van der Waals surface area contributed by atoms with Gasteiger partial charge in [0.05, 0.1) is 0 Å². The highest BCUT2D eigenvalue weighted by molar-refractivity contribution is 5.44. The monoisotopic (exact) mass is 402 g/mol. The van der Waals surface area contributed by atoms with E-state index in [0.29, 0.717) is 5.75 Å². The van der Waals surface area contributed by atoms with Gasteiger partial charge in [-0.3, -0.25) is 0 Å².